The lowest BCUT2D eigenvalue weighted by molar-refractivity contribution is 0.181. The fraction of sp³-hybridized carbons (Fsp3) is 0.867. The molecule has 0 bridgehead atoms. The Hall–Kier alpha value is -0.260. The lowest BCUT2D eigenvalue weighted by atomic mass is 9.69. The van der Waals surface area contributed by atoms with Crippen molar-refractivity contribution in [3.05, 3.63) is 11.6 Å². The van der Waals surface area contributed by atoms with Crippen molar-refractivity contribution in [2.75, 3.05) is 0 Å². The maximum absolute atomic E-state index is 2.55. The molecule has 0 N–H and O–H groups in total. The standard InChI is InChI=1S/C15H28/c1-5-7-13(4)11-15-9-8-14(15)10-12(3)6-2/h10,13-15H,5-9,11H2,1-4H3. The fourth-order valence-corrected chi connectivity index (χ4v) is 2.72. The van der Waals surface area contributed by atoms with Gasteiger partial charge < -0.3 is 0 Å². The highest BCUT2D eigenvalue weighted by atomic mass is 14.3. The summed E-state index contributed by atoms with van der Waals surface area (Å²) in [5.41, 5.74) is 1.59. The summed E-state index contributed by atoms with van der Waals surface area (Å²) in [5.74, 6) is 2.87. The van der Waals surface area contributed by atoms with E-state index in [1.165, 1.54) is 38.5 Å². The van der Waals surface area contributed by atoms with Gasteiger partial charge in [-0.15, -0.1) is 0 Å². The van der Waals surface area contributed by atoms with Gasteiger partial charge in [0.1, 0.15) is 0 Å². The molecule has 0 spiro atoms. The van der Waals surface area contributed by atoms with Crippen molar-refractivity contribution < 1.29 is 0 Å². The zero-order chi connectivity index (χ0) is 11.3. The Labute approximate surface area is 96.2 Å². The van der Waals surface area contributed by atoms with Gasteiger partial charge in [0.25, 0.3) is 0 Å². The van der Waals surface area contributed by atoms with E-state index in [4.69, 9.17) is 0 Å². The molecule has 1 rings (SSSR count). The van der Waals surface area contributed by atoms with Crippen LogP contribution in [0.4, 0.5) is 0 Å². The molecule has 1 aliphatic carbocycles. The molecule has 0 heterocycles. The largest absolute Gasteiger partial charge is 0.0822 e. The quantitative estimate of drug-likeness (QED) is 0.527. The van der Waals surface area contributed by atoms with Crippen molar-refractivity contribution in [3.8, 4) is 0 Å². The number of allylic oxidation sites excluding steroid dienone is 2. The maximum atomic E-state index is 2.55. The van der Waals surface area contributed by atoms with Crippen molar-refractivity contribution in [2.24, 2.45) is 17.8 Å². The van der Waals surface area contributed by atoms with Gasteiger partial charge in [0, 0.05) is 0 Å². The molecular formula is C15H28. The van der Waals surface area contributed by atoms with Crippen molar-refractivity contribution >= 4 is 0 Å². The first kappa shape index (κ1) is 12.8. The molecule has 1 aliphatic rings. The molecule has 0 amide bonds. The van der Waals surface area contributed by atoms with Crippen LogP contribution in [0.15, 0.2) is 11.6 Å². The van der Waals surface area contributed by atoms with Crippen LogP contribution in [0.25, 0.3) is 0 Å². The van der Waals surface area contributed by atoms with Crippen LogP contribution < -0.4 is 0 Å². The van der Waals surface area contributed by atoms with Gasteiger partial charge in [-0.2, -0.15) is 0 Å². The monoisotopic (exact) mass is 208 g/mol. The van der Waals surface area contributed by atoms with Gasteiger partial charge in [0.05, 0.1) is 0 Å². The van der Waals surface area contributed by atoms with Crippen LogP contribution in [-0.4, -0.2) is 0 Å². The van der Waals surface area contributed by atoms with Gasteiger partial charge >= 0.3 is 0 Å². The van der Waals surface area contributed by atoms with Gasteiger partial charge in [0.15, 0.2) is 0 Å². The molecule has 0 radical (unpaired) electrons. The number of rotatable bonds is 6. The Morgan fingerprint density at radius 1 is 1.33 bits per heavy atom. The summed E-state index contributed by atoms with van der Waals surface area (Å²) in [6, 6.07) is 0. The molecule has 1 saturated carbocycles. The van der Waals surface area contributed by atoms with Crippen LogP contribution in [0.1, 0.15) is 66.2 Å². The Morgan fingerprint density at radius 3 is 2.53 bits per heavy atom. The topological polar surface area (TPSA) is 0 Å². The second-order valence-corrected chi connectivity index (χ2v) is 5.50. The van der Waals surface area contributed by atoms with Crippen molar-refractivity contribution in [2.45, 2.75) is 66.2 Å². The number of hydrogen-bond acceptors (Lipinski definition) is 0. The smallest absolute Gasteiger partial charge is 0.0202 e. The van der Waals surface area contributed by atoms with E-state index in [0.29, 0.717) is 0 Å². The van der Waals surface area contributed by atoms with E-state index in [1.54, 1.807) is 5.57 Å². The van der Waals surface area contributed by atoms with Crippen LogP contribution in [-0.2, 0) is 0 Å². The molecule has 1 fully saturated rings. The van der Waals surface area contributed by atoms with Crippen LogP contribution in [0.5, 0.6) is 0 Å². The molecule has 88 valence electrons. The van der Waals surface area contributed by atoms with Gasteiger partial charge in [-0.25, -0.2) is 0 Å². The SMILES string of the molecule is CCCC(C)CC1CCC1C=C(C)CC. The van der Waals surface area contributed by atoms with E-state index in [1.807, 2.05) is 0 Å². The summed E-state index contributed by atoms with van der Waals surface area (Å²) in [4.78, 5) is 0. The minimum absolute atomic E-state index is 0.921. The molecular weight excluding hydrogens is 180 g/mol. The zero-order valence-corrected chi connectivity index (χ0v) is 11.1. The summed E-state index contributed by atoms with van der Waals surface area (Å²) in [6.07, 6.45) is 10.9. The Balaban J connectivity index is 2.32. The van der Waals surface area contributed by atoms with E-state index in [-0.39, 0.29) is 0 Å². The molecule has 0 heteroatoms. The molecule has 0 aliphatic heterocycles. The fourth-order valence-electron chi connectivity index (χ4n) is 2.72. The molecule has 0 aromatic carbocycles. The van der Waals surface area contributed by atoms with Crippen LogP contribution in [0, 0.1) is 17.8 Å². The van der Waals surface area contributed by atoms with E-state index >= 15 is 0 Å². The van der Waals surface area contributed by atoms with Gasteiger partial charge in [-0.3, -0.25) is 0 Å². The molecule has 3 atom stereocenters. The van der Waals surface area contributed by atoms with E-state index in [9.17, 15) is 0 Å². The third kappa shape index (κ3) is 4.01. The second kappa shape index (κ2) is 6.35. The van der Waals surface area contributed by atoms with Gasteiger partial charge in [-0.1, -0.05) is 45.3 Å². The van der Waals surface area contributed by atoms with Crippen LogP contribution in [0.2, 0.25) is 0 Å². The van der Waals surface area contributed by atoms with Crippen molar-refractivity contribution in [1.29, 1.82) is 0 Å². The molecule has 3 unspecified atom stereocenters. The Bertz CT molecular complexity index is 202. The molecule has 0 saturated heterocycles. The Kier molecular flexibility index (Phi) is 5.42. The van der Waals surface area contributed by atoms with Crippen molar-refractivity contribution in [1.82, 2.24) is 0 Å². The van der Waals surface area contributed by atoms with Crippen molar-refractivity contribution in [3.63, 3.8) is 0 Å². The molecule has 0 aromatic rings. The first-order valence-corrected chi connectivity index (χ1v) is 6.84. The zero-order valence-electron chi connectivity index (χ0n) is 11.1. The second-order valence-electron chi connectivity index (χ2n) is 5.50. The molecule has 15 heavy (non-hydrogen) atoms. The Morgan fingerprint density at radius 2 is 2.07 bits per heavy atom. The lowest BCUT2D eigenvalue weighted by Crippen LogP contribution is -2.26. The predicted molar refractivity (Wildman–Crippen MR) is 69.0 cm³/mol. The molecule has 0 aromatic heterocycles. The average Bonchev–Trinajstić information content (AvgIpc) is 2.21. The first-order valence-electron chi connectivity index (χ1n) is 6.84. The van der Waals surface area contributed by atoms with E-state index in [2.05, 4.69) is 33.8 Å². The minimum Gasteiger partial charge on any atom is -0.0822 e. The summed E-state index contributed by atoms with van der Waals surface area (Å²) in [6.45, 7) is 9.27. The summed E-state index contributed by atoms with van der Waals surface area (Å²) in [7, 11) is 0. The highest BCUT2D eigenvalue weighted by Gasteiger charge is 2.29. The van der Waals surface area contributed by atoms with Crippen LogP contribution in [0.3, 0.4) is 0 Å². The lowest BCUT2D eigenvalue weighted by Gasteiger charge is -2.37. The normalized spacial score (nSPS) is 28.7. The number of hydrogen-bond donors (Lipinski definition) is 0. The average molecular weight is 208 g/mol. The highest BCUT2D eigenvalue weighted by Crippen LogP contribution is 2.40. The van der Waals surface area contributed by atoms with E-state index in [0.717, 1.165) is 17.8 Å². The minimum atomic E-state index is 0.921. The summed E-state index contributed by atoms with van der Waals surface area (Å²) >= 11 is 0. The third-order valence-electron chi connectivity index (χ3n) is 4.02. The van der Waals surface area contributed by atoms with E-state index < -0.39 is 0 Å². The maximum Gasteiger partial charge on any atom is -0.0202 e. The predicted octanol–water partition coefficient (Wildman–Crippen LogP) is 5.20. The third-order valence-corrected chi connectivity index (χ3v) is 4.02. The summed E-state index contributed by atoms with van der Waals surface area (Å²) in [5, 5.41) is 0. The first-order chi connectivity index (χ1) is 7.17. The molecule has 0 nitrogen and oxygen atoms in total. The highest BCUT2D eigenvalue weighted by molar-refractivity contribution is 5.05. The summed E-state index contributed by atoms with van der Waals surface area (Å²) < 4.78 is 0. The van der Waals surface area contributed by atoms with Crippen LogP contribution >= 0.6 is 0 Å². The van der Waals surface area contributed by atoms with Gasteiger partial charge in [0.2, 0.25) is 0 Å². The van der Waals surface area contributed by atoms with Gasteiger partial charge in [-0.05, 0) is 50.4 Å².